The Labute approximate surface area is 133 Å². The zero-order valence-electron chi connectivity index (χ0n) is 14.2. The number of hydrogen-bond donors (Lipinski definition) is 0. The number of benzene rings is 1. The maximum atomic E-state index is 2.39. The average Bonchev–Trinajstić information content (AvgIpc) is 2.68. The van der Waals surface area contributed by atoms with Gasteiger partial charge in [-0.3, -0.25) is 0 Å². The average molecular weight is 293 g/mol. The summed E-state index contributed by atoms with van der Waals surface area (Å²) in [6.07, 6.45) is 8.52. The first kappa shape index (κ1) is 14.8. The van der Waals surface area contributed by atoms with Crippen molar-refractivity contribution in [2.24, 2.45) is 7.05 Å². The van der Waals surface area contributed by atoms with E-state index in [1.54, 1.807) is 0 Å². The van der Waals surface area contributed by atoms with Crippen LogP contribution >= 0.6 is 0 Å². The highest BCUT2D eigenvalue weighted by Gasteiger charge is 2.39. The summed E-state index contributed by atoms with van der Waals surface area (Å²) in [4.78, 5) is 2.39. The van der Waals surface area contributed by atoms with Crippen LogP contribution in [0.5, 0.6) is 0 Å². The molecule has 3 rings (SSSR count). The predicted molar refractivity (Wildman–Crippen MR) is 93.9 cm³/mol. The van der Waals surface area contributed by atoms with E-state index in [1.165, 1.54) is 22.4 Å². The molecular formula is C20H25N2+. The number of fused-ring (bicyclic) bond motifs is 1. The van der Waals surface area contributed by atoms with Gasteiger partial charge in [0.15, 0.2) is 12.4 Å². The Kier molecular flexibility index (Phi) is 3.56. The van der Waals surface area contributed by atoms with E-state index in [0.29, 0.717) is 6.04 Å². The van der Waals surface area contributed by atoms with Crippen molar-refractivity contribution in [3.8, 4) is 0 Å². The molecule has 2 heterocycles. The summed E-state index contributed by atoms with van der Waals surface area (Å²) >= 11 is 0. The molecule has 0 radical (unpaired) electrons. The molecule has 0 bridgehead atoms. The number of hydrogen-bond acceptors (Lipinski definition) is 1. The monoisotopic (exact) mass is 293 g/mol. The minimum absolute atomic E-state index is 0.189. The van der Waals surface area contributed by atoms with Gasteiger partial charge in [0.1, 0.15) is 7.05 Å². The highest BCUT2D eigenvalue weighted by molar-refractivity contribution is 5.73. The quantitative estimate of drug-likeness (QED) is 0.764. The number of rotatable bonds is 2. The van der Waals surface area contributed by atoms with Gasteiger partial charge in [0.25, 0.3) is 0 Å². The lowest BCUT2D eigenvalue weighted by molar-refractivity contribution is -0.671. The lowest BCUT2D eigenvalue weighted by atomic mass is 9.81. The van der Waals surface area contributed by atoms with E-state index in [-0.39, 0.29) is 5.41 Å². The van der Waals surface area contributed by atoms with Gasteiger partial charge in [0, 0.05) is 36.3 Å². The molecule has 0 aliphatic carbocycles. The lowest BCUT2D eigenvalue weighted by Gasteiger charge is -2.28. The van der Waals surface area contributed by atoms with Crippen molar-refractivity contribution >= 4 is 17.8 Å². The fourth-order valence-electron chi connectivity index (χ4n) is 3.21. The van der Waals surface area contributed by atoms with Crippen molar-refractivity contribution in [2.75, 3.05) is 11.9 Å². The summed E-state index contributed by atoms with van der Waals surface area (Å²) in [5, 5.41) is 0. The second-order valence-corrected chi connectivity index (χ2v) is 6.92. The van der Waals surface area contributed by atoms with E-state index in [4.69, 9.17) is 0 Å². The Morgan fingerprint density at radius 2 is 1.68 bits per heavy atom. The van der Waals surface area contributed by atoms with Gasteiger partial charge in [0.05, 0.1) is 0 Å². The Morgan fingerprint density at radius 1 is 1.05 bits per heavy atom. The van der Waals surface area contributed by atoms with E-state index in [9.17, 15) is 0 Å². The molecule has 2 heteroatoms. The smallest absolute Gasteiger partial charge is 0.169 e. The number of anilines is 1. The second-order valence-electron chi connectivity index (χ2n) is 6.92. The summed E-state index contributed by atoms with van der Waals surface area (Å²) < 4.78 is 2.05. The molecule has 2 nitrogen and oxygen atoms in total. The summed E-state index contributed by atoms with van der Waals surface area (Å²) in [6.45, 7) is 6.98. The van der Waals surface area contributed by atoms with E-state index >= 15 is 0 Å². The van der Waals surface area contributed by atoms with E-state index in [2.05, 4.69) is 87.6 Å². The minimum atomic E-state index is 0.189. The highest BCUT2D eigenvalue weighted by Crippen LogP contribution is 2.44. The zero-order chi connectivity index (χ0) is 15.9. The van der Waals surface area contributed by atoms with Crippen molar-refractivity contribution in [3.63, 3.8) is 0 Å². The number of aryl methyl sites for hydroxylation is 1. The van der Waals surface area contributed by atoms with Crippen molar-refractivity contribution in [3.05, 3.63) is 59.4 Å². The number of pyridine rings is 1. The summed E-state index contributed by atoms with van der Waals surface area (Å²) in [6, 6.07) is 11.6. The molecule has 0 saturated carbocycles. The molecule has 0 unspecified atom stereocenters. The Morgan fingerprint density at radius 3 is 2.36 bits per heavy atom. The molecule has 1 aromatic heterocycles. The van der Waals surface area contributed by atoms with Crippen LogP contribution in [0.1, 0.15) is 37.5 Å². The first-order valence-electron chi connectivity index (χ1n) is 7.90. The maximum Gasteiger partial charge on any atom is 0.169 e. The first-order valence-corrected chi connectivity index (χ1v) is 7.90. The standard InChI is InChI=1S/C20H25N2/c1-15-20(2,3)18-14-17(8-9-19(18)22(15)5)7-6-16-10-12-21(4)13-11-16/h6-15H,1-5H3/q+1/t15-/m0/s1. The molecule has 0 N–H and O–H groups in total. The maximum absolute atomic E-state index is 2.39. The SMILES string of the molecule is C[C@@H]1N(C)c2ccc(/C=C/c3cc[n+](C)cc3)cc2C1(C)C. The van der Waals surface area contributed by atoms with Crippen LogP contribution in [0.3, 0.4) is 0 Å². The molecule has 1 aliphatic heterocycles. The summed E-state index contributed by atoms with van der Waals surface area (Å²) in [5.74, 6) is 0. The third-order valence-corrected chi connectivity index (χ3v) is 5.19. The van der Waals surface area contributed by atoms with Crippen LogP contribution in [0, 0.1) is 0 Å². The minimum Gasteiger partial charge on any atom is -0.371 e. The van der Waals surface area contributed by atoms with Crippen LogP contribution < -0.4 is 9.47 Å². The van der Waals surface area contributed by atoms with Gasteiger partial charge in [-0.15, -0.1) is 0 Å². The van der Waals surface area contributed by atoms with Crippen LogP contribution in [0.15, 0.2) is 42.7 Å². The highest BCUT2D eigenvalue weighted by atomic mass is 15.2. The van der Waals surface area contributed by atoms with Crippen molar-refractivity contribution in [1.82, 2.24) is 0 Å². The topological polar surface area (TPSA) is 7.12 Å². The fraction of sp³-hybridized carbons (Fsp3) is 0.350. The van der Waals surface area contributed by atoms with E-state index in [1.807, 2.05) is 11.6 Å². The summed E-state index contributed by atoms with van der Waals surface area (Å²) in [5.41, 5.74) is 5.49. The van der Waals surface area contributed by atoms with Crippen LogP contribution in [-0.2, 0) is 12.5 Å². The Balaban J connectivity index is 1.92. The third kappa shape index (κ3) is 2.43. The van der Waals surface area contributed by atoms with Gasteiger partial charge < -0.3 is 4.90 Å². The van der Waals surface area contributed by atoms with Crippen LogP contribution in [-0.4, -0.2) is 13.1 Å². The molecule has 1 atom stereocenters. The van der Waals surface area contributed by atoms with Gasteiger partial charge >= 0.3 is 0 Å². The molecular weight excluding hydrogens is 268 g/mol. The van der Waals surface area contributed by atoms with Crippen molar-refractivity contribution < 1.29 is 4.57 Å². The van der Waals surface area contributed by atoms with Crippen molar-refractivity contribution in [1.29, 1.82) is 0 Å². The largest absolute Gasteiger partial charge is 0.371 e. The normalized spacial score (nSPS) is 19.7. The van der Waals surface area contributed by atoms with Crippen LogP contribution in [0.4, 0.5) is 5.69 Å². The molecule has 0 saturated heterocycles. The van der Waals surface area contributed by atoms with Gasteiger partial charge in [-0.25, -0.2) is 4.57 Å². The first-order chi connectivity index (χ1) is 10.4. The van der Waals surface area contributed by atoms with Crippen LogP contribution in [0.25, 0.3) is 12.2 Å². The number of likely N-dealkylation sites (N-methyl/N-ethyl adjacent to an activating group) is 1. The fourth-order valence-corrected chi connectivity index (χ4v) is 3.21. The van der Waals surface area contributed by atoms with Gasteiger partial charge in [0.2, 0.25) is 0 Å². The molecule has 0 fully saturated rings. The Bertz CT molecular complexity index is 711. The molecule has 1 aromatic carbocycles. The van der Waals surface area contributed by atoms with Crippen molar-refractivity contribution in [2.45, 2.75) is 32.2 Å². The zero-order valence-corrected chi connectivity index (χ0v) is 14.2. The molecule has 114 valence electrons. The van der Waals surface area contributed by atoms with Gasteiger partial charge in [-0.2, -0.15) is 0 Å². The molecule has 2 aromatic rings. The predicted octanol–water partition coefficient (Wildman–Crippen LogP) is 3.80. The molecule has 0 spiro atoms. The molecule has 0 amide bonds. The Hall–Kier alpha value is -2.09. The second kappa shape index (κ2) is 5.28. The van der Waals surface area contributed by atoms with Gasteiger partial charge in [-0.1, -0.05) is 32.1 Å². The molecule has 22 heavy (non-hydrogen) atoms. The number of aromatic nitrogens is 1. The van der Waals surface area contributed by atoms with E-state index < -0.39 is 0 Å². The van der Waals surface area contributed by atoms with Gasteiger partial charge in [-0.05, 0) is 35.7 Å². The van der Waals surface area contributed by atoms with Crippen LogP contribution in [0.2, 0.25) is 0 Å². The lowest BCUT2D eigenvalue weighted by Crippen LogP contribution is -2.36. The molecule has 1 aliphatic rings. The number of nitrogens with zero attached hydrogens (tertiary/aromatic N) is 2. The summed E-state index contributed by atoms with van der Waals surface area (Å²) in [7, 11) is 4.23. The van der Waals surface area contributed by atoms with E-state index in [0.717, 1.165) is 0 Å². The third-order valence-electron chi connectivity index (χ3n) is 5.19.